The minimum Gasteiger partial charge on any atom is -0.456 e. The van der Waals surface area contributed by atoms with Crippen LogP contribution in [-0.2, 0) is 0 Å². The Morgan fingerprint density at radius 3 is 1.75 bits per heavy atom. The van der Waals surface area contributed by atoms with Crippen LogP contribution in [0.5, 0.6) is 0 Å². The number of aromatic nitrogens is 5. The molecule has 11 aromatic rings. The van der Waals surface area contributed by atoms with E-state index in [0.717, 1.165) is 66.7 Å². The summed E-state index contributed by atoms with van der Waals surface area (Å²) in [4.78, 5) is 20.0. The van der Waals surface area contributed by atoms with E-state index >= 15 is 0 Å². The molecule has 0 radical (unpaired) electrons. The minimum absolute atomic E-state index is 0.586. The molecule has 0 amide bonds. The smallest absolute Gasteiger partial charge is 0.164 e. The molecule has 0 aliphatic rings. The molecular weight excluding hydrogens is 687 g/mol. The van der Waals surface area contributed by atoms with E-state index in [1.807, 2.05) is 85.1 Å². The van der Waals surface area contributed by atoms with Crippen LogP contribution >= 0.6 is 0 Å². The molecule has 4 heterocycles. The van der Waals surface area contributed by atoms with E-state index in [9.17, 15) is 0 Å². The van der Waals surface area contributed by atoms with E-state index in [2.05, 4.69) is 108 Å². The van der Waals surface area contributed by atoms with Gasteiger partial charge in [0.2, 0.25) is 0 Å². The molecule has 0 saturated carbocycles. The Kier molecular flexibility index (Phi) is 7.38. The number of fused-ring (bicyclic) bond motifs is 6. The third kappa shape index (κ3) is 5.35. The average Bonchev–Trinajstić information content (AvgIpc) is 3.82. The van der Waals surface area contributed by atoms with Gasteiger partial charge < -0.3 is 8.98 Å². The molecule has 0 unspecified atom stereocenters. The van der Waals surface area contributed by atoms with Crippen molar-refractivity contribution in [3.8, 4) is 62.2 Å². The van der Waals surface area contributed by atoms with Crippen LogP contribution in [0.2, 0.25) is 0 Å². The maximum Gasteiger partial charge on any atom is 0.164 e. The zero-order valence-corrected chi connectivity index (χ0v) is 30.0. The summed E-state index contributed by atoms with van der Waals surface area (Å²) in [6, 6.07) is 62.5. The highest BCUT2D eigenvalue weighted by Gasteiger charge is 2.19. The van der Waals surface area contributed by atoms with Gasteiger partial charge in [-0.2, -0.15) is 0 Å². The number of furan rings is 1. The number of benzene rings is 7. The van der Waals surface area contributed by atoms with Crippen LogP contribution in [0.1, 0.15) is 0 Å². The van der Waals surface area contributed by atoms with Crippen LogP contribution in [0.3, 0.4) is 0 Å². The van der Waals surface area contributed by atoms with Crippen LogP contribution in [-0.4, -0.2) is 24.5 Å². The second kappa shape index (κ2) is 13.0. The summed E-state index contributed by atoms with van der Waals surface area (Å²) in [5.74, 6) is 1.82. The summed E-state index contributed by atoms with van der Waals surface area (Å²) >= 11 is 0. The van der Waals surface area contributed by atoms with Crippen molar-refractivity contribution in [3.05, 3.63) is 188 Å². The lowest BCUT2D eigenvalue weighted by Crippen LogP contribution is -2.00. The first-order valence-corrected chi connectivity index (χ1v) is 18.6. The third-order valence-electron chi connectivity index (χ3n) is 10.5. The van der Waals surface area contributed by atoms with Gasteiger partial charge in [-0.1, -0.05) is 121 Å². The SMILES string of the molecule is c1ccc(-c2nc(-c3ccccc3)nc(-c3cccc4oc5ccc(-c6ccc(-c7ccc8c(c7)c7ccccc7n8-c7ccccc7)cn6)cc5c34)n2)cc1. The first kappa shape index (κ1) is 31.8. The fraction of sp³-hybridized carbons (Fsp3) is 0. The number of pyridine rings is 1. The molecule has 0 atom stereocenters. The summed E-state index contributed by atoms with van der Waals surface area (Å²) in [6.45, 7) is 0. The molecule has 56 heavy (non-hydrogen) atoms. The first-order chi connectivity index (χ1) is 27.7. The maximum absolute atomic E-state index is 6.41. The van der Waals surface area contributed by atoms with Crippen molar-refractivity contribution in [2.75, 3.05) is 0 Å². The normalized spacial score (nSPS) is 11.6. The lowest BCUT2D eigenvalue weighted by molar-refractivity contribution is 0.669. The van der Waals surface area contributed by atoms with Crippen LogP contribution in [0.15, 0.2) is 193 Å². The van der Waals surface area contributed by atoms with Gasteiger partial charge in [-0.05, 0) is 66.2 Å². The number of hydrogen-bond acceptors (Lipinski definition) is 5. The van der Waals surface area contributed by atoms with E-state index in [0.29, 0.717) is 17.5 Å². The predicted octanol–water partition coefficient (Wildman–Crippen LogP) is 12.6. The Hall–Kier alpha value is -7.70. The molecular formula is C50H31N5O. The van der Waals surface area contributed by atoms with Crippen LogP contribution in [0.4, 0.5) is 0 Å². The Labute approximate surface area is 322 Å². The summed E-state index contributed by atoms with van der Waals surface area (Å²) < 4.78 is 8.75. The Bertz CT molecular complexity index is 3170. The van der Waals surface area contributed by atoms with E-state index in [1.54, 1.807) is 0 Å². The van der Waals surface area contributed by atoms with Gasteiger partial charge in [-0.3, -0.25) is 4.98 Å². The second-order valence-electron chi connectivity index (χ2n) is 13.9. The van der Waals surface area contributed by atoms with Crippen molar-refractivity contribution < 1.29 is 4.42 Å². The van der Waals surface area contributed by atoms with Gasteiger partial charge in [0, 0.05) is 61.2 Å². The Morgan fingerprint density at radius 1 is 0.393 bits per heavy atom. The highest BCUT2D eigenvalue weighted by atomic mass is 16.3. The molecule has 0 aliphatic heterocycles. The lowest BCUT2D eigenvalue weighted by Gasteiger charge is -2.09. The largest absolute Gasteiger partial charge is 0.456 e. The van der Waals surface area contributed by atoms with Crippen molar-refractivity contribution in [3.63, 3.8) is 0 Å². The zero-order chi connectivity index (χ0) is 37.0. The standard InChI is InChI=1S/C50H31N5O/c1-4-13-32(14-5-1)48-52-49(33-15-6-2-7-16-33)54-50(53-48)39-20-12-22-46-47(39)41-30-35(25-28-45(41)56-46)42-26-23-36(31-51-42)34-24-27-44-40(29-34)38-19-10-11-21-43(38)55(44)37-17-8-3-9-18-37/h1-31H. The molecule has 0 saturated heterocycles. The molecule has 7 aromatic carbocycles. The highest BCUT2D eigenvalue weighted by molar-refractivity contribution is 6.13. The monoisotopic (exact) mass is 717 g/mol. The van der Waals surface area contributed by atoms with E-state index in [4.69, 9.17) is 24.4 Å². The predicted molar refractivity (Wildman–Crippen MR) is 226 cm³/mol. The van der Waals surface area contributed by atoms with Crippen molar-refractivity contribution in [2.24, 2.45) is 0 Å². The van der Waals surface area contributed by atoms with Gasteiger partial charge >= 0.3 is 0 Å². The molecule has 6 nitrogen and oxygen atoms in total. The van der Waals surface area contributed by atoms with E-state index in [1.165, 1.54) is 21.8 Å². The van der Waals surface area contributed by atoms with Crippen molar-refractivity contribution in [2.45, 2.75) is 0 Å². The van der Waals surface area contributed by atoms with Crippen molar-refractivity contribution in [1.82, 2.24) is 24.5 Å². The number of para-hydroxylation sites is 2. The molecule has 0 aliphatic carbocycles. The fourth-order valence-electron chi connectivity index (χ4n) is 7.84. The topological polar surface area (TPSA) is 69.6 Å². The molecule has 0 bridgehead atoms. The summed E-state index contributed by atoms with van der Waals surface area (Å²) in [5, 5.41) is 4.36. The van der Waals surface area contributed by atoms with Gasteiger partial charge in [-0.25, -0.2) is 15.0 Å². The second-order valence-corrected chi connectivity index (χ2v) is 13.9. The van der Waals surface area contributed by atoms with Gasteiger partial charge in [0.15, 0.2) is 17.5 Å². The van der Waals surface area contributed by atoms with E-state index in [-0.39, 0.29) is 0 Å². The van der Waals surface area contributed by atoms with Crippen LogP contribution in [0, 0.1) is 0 Å². The van der Waals surface area contributed by atoms with Gasteiger partial charge in [-0.15, -0.1) is 0 Å². The van der Waals surface area contributed by atoms with Crippen LogP contribution < -0.4 is 0 Å². The molecule has 11 rings (SSSR count). The van der Waals surface area contributed by atoms with Crippen molar-refractivity contribution in [1.29, 1.82) is 0 Å². The molecule has 6 heteroatoms. The van der Waals surface area contributed by atoms with Gasteiger partial charge in [0.25, 0.3) is 0 Å². The quantitative estimate of drug-likeness (QED) is 0.171. The number of rotatable bonds is 6. The number of nitrogens with zero attached hydrogens (tertiary/aromatic N) is 5. The third-order valence-corrected chi connectivity index (χ3v) is 10.5. The zero-order valence-electron chi connectivity index (χ0n) is 30.0. The highest BCUT2D eigenvalue weighted by Crippen LogP contribution is 2.39. The van der Waals surface area contributed by atoms with Gasteiger partial charge in [0.05, 0.1) is 16.7 Å². The first-order valence-electron chi connectivity index (χ1n) is 18.6. The minimum atomic E-state index is 0.586. The molecule has 4 aromatic heterocycles. The number of hydrogen-bond donors (Lipinski definition) is 0. The summed E-state index contributed by atoms with van der Waals surface area (Å²) in [7, 11) is 0. The summed E-state index contributed by atoms with van der Waals surface area (Å²) in [6.07, 6.45) is 1.97. The molecule has 0 fully saturated rings. The maximum atomic E-state index is 6.41. The molecule has 262 valence electrons. The Morgan fingerprint density at radius 2 is 1.02 bits per heavy atom. The summed E-state index contributed by atoms with van der Waals surface area (Å²) in [5.41, 5.74) is 11.8. The van der Waals surface area contributed by atoms with E-state index < -0.39 is 0 Å². The van der Waals surface area contributed by atoms with Gasteiger partial charge in [0.1, 0.15) is 11.2 Å². The molecule has 0 N–H and O–H groups in total. The van der Waals surface area contributed by atoms with Crippen LogP contribution in [0.25, 0.3) is 106 Å². The Balaban J connectivity index is 0.995. The molecule has 0 spiro atoms. The fourth-order valence-corrected chi connectivity index (χ4v) is 7.84. The van der Waals surface area contributed by atoms with Crippen molar-refractivity contribution >= 4 is 43.7 Å². The average molecular weight is 718 g/mol. The lowest BCUT2D eigenvalue weighted by atomic mass is 10.0.